The Balaban J connectivity index is 1.56. The molecular weight excluding hydrogens is 473 g/mol. The van der Waals surface area contributed by atoms with Gasteiger partial charge >= 0.3 is 6.03 Å². The molecule has 8 heteroatoms. The van der Waals surface area contributed by atoms with Gasteiger partial charge < -0.3 is 4.57 Å². The molecule has 4 amide bonds. The molecule has 5 rings (SSSR count). The van der Waals surface area contributed by atoms with E-state index in [2.05, 4.69) is 5.32 Å². The lowest BCUT2D eigenvalue weighted by molar-refractivity contribution is -0.122. The highest BCUT2D eigenvalue weighted by atomic mass is 35.5. The minimum atomic E-state index is -0.806. The Kier molecular flexibility index (Phi) is 5.69. The van der Waals surface area contributed by atoms with E-state index in [0.717, 1.165) is 21.4 Å². The van der Waals surface area contributed by atoms with Gasteiger partial charge in [0.15, 0.2) is 0 Å². The Morgan fingerprint density at radius 2 is 1.47 bits per heavy atom. The number of hydrogen-bond donors (Lipinski definition) is 1. The molecule has 0 bridgehead atoms. The van der Waals surface area contributed by atoms with Gasteiger partial charge in [0.25, 0.3) is 11.8 Å². The molecule has 1 aliphatic rings. The van der Waals surface area contributed by atoms with Gasteiger partial charge in [-0.25, -0.2) is 9.69 Å². The van der Waals surface area contributed by atoms with Crippen LogP contribution in [-0.2, 0) is 16.1 Å². The summed E-state index contributed by atoms with van der Waals surface area (Å²) in [5.41, 5.74) is 2.86. The van der Waals surface area contributed by atoms with Gasteiger partial charge in [-0.05, 0) is 54.1 Å². The highest BCUT2D eigenvalue weighted by Crippen LogP contribution is 2.28. The molecule has 0 unspecified atom stereocenters. The SMILES string of the molecule is O=C1NC(=O)N(c2ccc(Cl)cc2)C(=O)/C1=C\c1cn(Cc2ccc(Cl)cc2)c2ccccc12. The maximum Gasteiger partial charge on any atom is 0.335 e. The highest BCUT2D eigenvalue weighted by Gasteiger charge is 2.37. The smallest absolute Gasteiger partial charge is 0.335 e. The molecule has 6 nitrogen and oxygen atoms in total. The van der Waals surface area contributed by atoms with Crippen LogP contribution in [-0.4, -0.2) is 22.4 Å². The zero-order valence-corrected chi connectivity index (χ0v) is 19.2. The number of barbiturate groups is 1. The third-order valence-electron chi connectivity index (χ3n) is 5.57. The lowest BCUT2D eigenvalue weighted by Gasteiger charge is -2.26. The quantitative estimate of drug-likeness (QED) is 0.296. The molecule has 4 aromatic rings. The molecule has 168 valence electrons. The Morgan fingerprint density at radius 3 is 2.18 bits per heavy atom. The fraction of sp³-hybridized carbons (Fsp3) is 0.0385. The molecule has 1 aliphatic heterocycles. The average molecular weight is 490 g/mol. The topological polar surface area (TPSA) is 71.4 Å². The van der Waals surface area contributed by atoms with E-state index < -0.39 is 17.8 Å². The molecule has 1 fully saturated rings. The van der Waals surface area contributed by atoms with Crippen LogP contribution in [0, 0.1) is 0 Å². The molecular formula is C26H17Cl2N3O3. The summed E-state index contributed by atoms with van der Waals surface area (Å²) in [6.45, 7) is 0.580. The van der Waals surface area contributed by atoms with Crippen LogP contribution in [0.4, 0.5) is 10.5 Å². The van der Waals surface area contributed by atoms with Crippen LogP contribution in [0.25, 0.3) is 17.0 Å². The van der Waals surface area contributed by atoms with E-state index in [1.54, 1.807) is 24.3 Å². The second-order valence-corrected chi connectivity index (χ2v) is 8.66. The molecule has 34 heavy (non-hydrogen) atoms. The van der Waals surface area contributed by atoms with Gasteiger partial charge in [-0.15, -0.1) is 0 Å². The van der Waals surface area contributed by atoms with Crippen molar-refractivity contribution in [3.63, 3.8) is 0 Å². The minimum Gasteiger partial charge on any atom is -0.342 e. The summed E-state index contributed by atoms with van der Waals surface area (Å²) in [6, 6.07) is 20.7. The fourth-order valence-electron chi connectivity index (χ4n) is 3.95. The second-order valence-electron chi connectivity index (χ2n) is 7.79. The zero-order valence-electron chi connectivity index (χ0n) is 17.7. The third-order valence-corrected chi connectivity index (χ3v) is 6.08. The first-order valence-corrected chi connectivity index (χ1v) is 11.2. The molecule has 0 atom stereocenters. The van der Waals surface area contributed by atoms with Crippen LogP contribution >= 0.6 is 23.2 Å². The first-order valence-electron chi connectivity index (χ1n) is 10.4. The molecule has 2 heterocycles. The zero-order chi connectivity index (χ0) is 23.8. The van der Waals surface area contributed by atoms with Crippen molar-refractivity contribution >= 4 is 63.7 Å². The van der Waals surface area contributed by atoms with Gasteiger partial charge in [0, 0.05) is 39.3 Å². The molecule has 1 N–H and O–H groups in total. The number of anilines is 1. The lowest BCUT2D eigenvalue weighted by Crippen LogP contribution is -2.54. The van der Waals surface area contributed by atoms with E-state index in [1.165, 1.54) is 6.08 Å². The number of nitrogens with zero attached hydrogens (tertiary/aromatic N) is 2. The molecule has 1 aromatic heterocycles. The number of imide groups is 2. The van der Waals surface area contributed by atoms with E-state index in [-0.39, 0.29) is 5.57 Å². The van der Waals surface area contributed by atoms with Crippen molar-refractivity contribution in [1.29, 1.82) is 0 Å². The summed E-state index contributed by atoms with van der Waals surface area (Å²) in [7, 11) is 0. The normalized spacial score (nSPS) is 15.3. The number of hydrogen-bond acceptors (Lipinski definition) is 3. The Labute approximate surface area is 205 Å². The van der Waals surface area contributed by atoms with E-state index in [4.69, 9.17) is 23.2 Å². The molecule has 0 saturated carbocycles. The van der Waals surface area contributed by atoms with Crippen LogP contribution in [0.15, 0.2) is 84.6 Å². The molecule has 0 spiro atoms. The molecule has 0 radical (unpaired) electrons. The number of aromatic nitrogens is 1. The third kappa shape index (κ3) is 4.09. The number of benzene rings is 3. The summed E-state index contributed by atoms with van der Waals surface area (Å²) >= 11 is 11.9. The highest BCUT2D eigenvalue weighted by molar-refractivity contribution is 6.39. The van der Waals surface area contributed by atoms with Crippen LogP contribution in [0.1, 0.15) is 11.1 Å². The minimum absolute atomic E-state index is 0.135. The first-order chi connectivity index (χ1) is 16.4. The largest absolute Gasteiger partial charge is 0.342 e. The van der Waals surface area contributed by atoms with Crippen LogP contribution in [0.2, 0.25) is 10.0 Å². The lowest BCUT2D eigenvalue weighted by atomic mass is 10.1. The van der Waals surface area contributed by atoms with Gasteiger partial charge in [-0.3, -0.25) is 14.9 Å². The standard InChI is InChI=1S/C26H17Cl2N3O3/c27-18-7-5-16(6-8-18)14-30-15-17(21-3-1-2-4-23(21)30)13-22-24(32)29-26(34)31(25(22)33)20-11-9-19(28)10-12-20/h1-13,15H,14H2,(H,29,32,34)/b22-13-. The van der Waals surface area contributed by atoms with Crippen molar-refractivity contribution < 1.29 is 14.4 Å². The van der Waals surface area contributed by atoms with E-state index in [1.807, 2.05) is 59.3 Å². The van der Waals surface area contributed by atoms with Crippen LogP contribution in [0.3, 0.4) is 0 Å². The Bertz CT molecular complexity index is 1470. The van der Waals surface area contributed by atoms with Crippen molar-refractivity contribution in [3.8, 4) is 0 Å². The number of carbonyl (C=O) groups excluding carboxylic acids is 3. The van der Waals surface area contributed by atoms with Gasteiger partial charge in [0.1, 0.15) is 5.57 Å². The summed E-state index contributed by atoms with van der Waals surface area (Å²) < 4.78 is 2.04. The Morgan fingerprint density at radius 1 is 0.824 bits per heavy atom. The predicted octanol–water partition coefficient (Wildman–Crippen LogP) is 5.66. The monoisotopic (exact) mass is 489 g/mol. The maximum absolute atomic E-state index is 13.2. The van der Waals surface area contributed by atoms with Crippen molar-refractivity contribution in [3.05, 3.63) is 106 Å². The number of carbonyl (C=O) groups is 3. The summed E-state index contributed by atoms with van der Waals surface area (Å²) in [4.78, 5) is 39.2. The number of amides is 4. The number of rotatable bonds is 4. The van der Waals surface area contributed by atoms with Crippen molar-refractivity contribution in [2.75, 3.05) is 4.90 Å². The van der Waals surface area contributed by atoms with Crippen molar-refractivity contribution in [1.82, 2.24) is 9.88 Å². The summed E-state index contributed by atoms with van der Waals surface area (Å²) in [6.07, 6.45) is 3.41. The number of fused-ring (bicyclic) bond motifs is 1. The van der Waals surface area contributed by atoms with Gasteiger partial charge in [0.2, 0.25) is 0 Å². The van der Waals surface area contributed by atoms with Gasteiger partial charge in [-0.2, -0.15) is 0 Å². The number of para-hydroxylation sites is 1. The van der Waals surface area contributed by atoms with Crippen molar-refractivity contribution in [2.24, 2.45) is 0 Å². The predicted molar refractivity (Wildman–Crippen MR) is 133 cm³/mol. The van der Waals surface area contributed by atoms with Crippen molar-refractivity contribution in [2.45, 2.75) is 6.54 Å². The molecule has 3 aromatic carbocycles. The molecule has 1 saturated heterocycles. The van der Waals surface area contributed by atoms with Crippen LogP contribution < -0.4 is 10.2 Å². The maximum atomic E-state index is 13.2. The van der Waals surface area contributed by atoms with Gasteiger partial charge in [0.05, 0.1) is 5.69 Å². The van der Waals surface area contributed by atoms with Crippen LogP contribution in [0.5, 0.6) is 0 Å². The van der Waals surface area contributed by atoms with Gasteiger partial charge in [-0.1, -0.05) is 53.5 Å². The van der Waals surface area contributed by atoms with E-state index in [9.17, 15) is 14.4 Å². The average Bonchev–Trinajstić information content (AvgIpc) is 3.16. The number of nitrogens with one attached hydrogen (secondary N) is 1. The number of halogens is 2. The summed E-state index contributed by atoms with van der Waals surface area (Å²) in [5, 5.41) is 4.25. The second kappa shape index (κ2) is 8.82. The first kappa shape index (κ1) is 21.9. The molecule has 0 aliphatic carbocycles. The van der Waals surface area contributed by atoms with E-state index >= 15 is 0 Å². The fourth-order valence-corrected chi connectivity index (χ4v) is 4.20. The number of urea groups is 1. The Hall–Kier alpha value is -3.87. The summed E-state index contributed by atoms with van der Waals surface area (Å²) in [5.74, 6) is -1.44. The van der Waals surface area contributed by atoms with E-state index in [0.29, 0.717) is 27.8 Å².